The number of rotatable bonds is 4. The standard InChI is InChI=1S/C20H26N4O3/c1-12(2)17-21-18(27-22-17)15-6-4-5-10-24(15)20(26)16-13(3)9-11-23(19(16)25)14-7-8-14/h9,11-12,14-15H,4-8,10H2,1-3H3. The van der Waals surface area contributed by atoms with Gasteiger partial charge in [-0.25, -0.2) is 0 Å². The first-order chi connectivity index (χ1) is 13.0. The highest BCUT2D eigenvalue weighted by Gasteiger charge is 2.35. The number of hydrogen-bond acceptors (Lipinski definition) is 5. The van der Waals surface area contributed by atoms with Gasteiger partial charge in [-0.3, -0.25) is 9.59 Å². The zero-order chi connectivity index (χ0) is 19.1. The lowest BCUT2D eigenvalue weighted by Gasteiger charge is -2.33. The van der Waals surface area contributed by atoms with Gasteiger partial charge >= 0.3 is 0 Å². The molecule has 1 unspecified atom stereocenters. The Morgan fingerprint density at radius 3 is 2.70 bits per heavy atom. The van der Waals surface area contributed by atoms with Crippen LogP contribution in [0, 0.1) is 6.92 Å². The SMILES string of the molecule is Cc1ccn(C2CC2)c(=O)c1C(=O)N1CCCCC1c1nc(C(C)C)no1. The summed E-state index contributed by atoms with van der Waals surface area (Å²) in [5.41, 5.74) is 0.819. The van der Waals surface area contributed by atoms with Crippen molar-refractivity contribution in [3.63, 3.8) is 0 Å². The van der Waals surface area contributed by atoms with E-state index in [1.165, 1.54) is 0 Å². The second-order valence-corrected chi connectivity index (χ2v) is 7.97. The maximum Gasteiger partial charge on any atom is 0.263 e. The zero-order valence-electron chi connectivity index (χ0n) is 16.1. The average molecular weight is 370 g/mol. The van der Waals surface area contributed by atoms with E-state index in [1.54, 1.807) is 9.47 Å². The lowest BCUT2D eigenvalue weighted by atomic mass is 9.99. The van der Waals surface area contributed by atoms with Gasteiger partial charge in [-0.2, -0.15) is 4.98 Å². The van der Waals surface area contributed by atoms with Crippen molar-refractivity contribution >= 4 is 5.91 Å². The van der Waals surface area contributed by atoms with Crippen LogP contribution in [0.2, 0.25) is 0 Å². The molecule has 2 aliphatic rings. The van der Waals surface area contributed by atoms with Gasteiger partial charge in [0.25, 0.3) is 11.5 Å². The van der Waals surface area contributed by atoms with Gasteiger partial charge in [0.05, 0.1) is 0 Å². The Kier molecular flexibility index (Phi) is 4.61. The number of hydrogen-bond donors (Lipinski definition) is 0. The first-order valence-corrected chi connectivity index (χ1v) is 9.83. The second kappa shape index (κ2) is 6.94. The highest BCUT2D eigenvalue weighted by atomic mass is 16.5. The molecule has 1 amide bonds. The van der Waals surface area contributed by atoms with E-state index in [2.05, 4.69) is 10.1 Å². The van der Waals surface area contributed by atoms with Crippen molar-refractivity contribution in [2.24, 2.45) is 0 Å². The summed E-state index contributed by atoms with van der Waals surface area (Å²) in [4.78, 5) is 32.6. The minimum absolute atomic E-state index is 0.164. The molecule has 0 bridgehead atoms. The Morgan fingerprint density at radius 2 is 2.04 bits per heavy atom. The molecule has 3 heterocycles. The summed E-state index contributed by atoms with van der Waals surface area (Å²) in [6.45, 7) is 6.44. The second-order valence-electron chi connectivity index (χ2n) is 7.97. The number of pyridine rings is 1. The largest absolute Gasteiger partial charge is 0.337 e. The van der Waals surface area contributed by atoms with Crippen LogP contribution in [0.25, 0.3) is 0 Å². The minimum Gasteiger partial charge on any atom is -0.337 e. The Balaban J connectivity index is 1.69. The van der Waals surface area contributed by atoms with Crippen molar-refractivity contribution in [1.29, 1.82) is 0 Å². The minimum atomic E-state index is -0.264. The smallest absolute Gasteiger partial charge is 0.263 e. The third-order valence-electron chi connectivity index (χ3n) is 5.50. The number of carbonyl (C=O) groups is 1. The van der Waals surface area contributed by atoms with E-state index < -0.39 is 0 Å². The van der Waals surface area contributed by atoms with Crippen LogP contribution in [0.3, 0.4) is 0 Å². The quantitative estimate of drug-likeness (QED) is 0.824. The van der Waals surface area contributed by atoms with Gasteiger partial charge in [-0.15, -0.1) is 0 Å². The summed E-state index contributed by atoms with van der Waals surface area (Å²) >= 11 is 0. The lowest BCUT2D eigenvalue weighted by molar-refractivity contribution is 0.0558. The highest BCUT2D eigenvalue weighted by Crippen LogP contribution is 2.34. The number of aryl methyl sites for hydroxylation is 1. The Morgan fingerprint density at radius 1 is 1.26 bits per heavy atom. The fourth-order valence-corrected chi connectivity index (χ4v) is 3.73. The Labute approximate surface area is 158 Å². The van der Waals surface area contributed by atoms with Gasteiger partial charge in [0, 0.05) is 24.7 Å². The van der Waals surface area contributed by atoms with Gasteiger partial charge in [-0.1, -0.05) is 19.0 Å². The van der Waals surface area contributed by atoms with Gasteiger partial charge < -0.3 is 14.0 Å². The molecule has 1 saturated heterocycles. The third-order valence-corrected chi connectivity index (χ3v) is 5.50. The maximum atomic E-state index is 13.4. The molecule has 2 aromatic rings. The van der Waals surface area contributed by atoms with Crippen LogP contribution in [0.15, 0.2) is 21.6 Å². The Hall–Kier alpha value is -2.44. The molecule has 27 heavy (non-hydrogen) atoms. The van der Waals surface area contributed by atoms with E-state index in [0.717, 1.165) is 37.7 Å². The molecule has 1 atom stereocenters. The normalized spacial score (nSPS) is 20.3. The van der Waals surface area contributed by atoms with Gasteiger partial charge in [0.15, 0.2) is 5.82 Å². The predicted octanol–water partition coefficient (Wildman–Crippen LogP) is 3.37. The molecular formula is C20H26N4O3. The zero-order valence-corrected chi connectivity index (χ0v) is 16.1. The number of amides is 1. The van der Waals surface area contributed by atoms with Crippen LogP contribution in [-0.2, 0) is 0 Å². The molecule has 1 saturated carbocycles. The first kappa shape index (κ1) is 17.9. The number of piperidine rings is 1. The first-order valence-electron chi connectivity index (χ1n) is 9.83. The molecule has 0 radical (unpaired) electrons. The Bertz CT molecular complexity index is 910. The molecule has 4 rings (SSSR count). The molecule has 2 aromatic heterocycles. The van der Waals surface area contributed by atoms with Gasteiger partial charge in [0.2, 0.25) is 5.89 Å². The average Bonchev–Trinajstić information content (AvgIpc) is 3.36. The molecule has 0 N–H and O–H groups in total. The number of nitrogens with zero attached hydrogens (tertiary/aromatic N) is 4. The molecular weight excluding hydrogens is 344 g/mol. The summed E-state index contributed by atoms with van der Waals surface area (Å²) in [7, 11) is 0. The van der Waals surface area contributed by atoms with E-state index >= 15 is 0 Å². The summed E-state index contributed by atoms with van der Waals surface area (Å²) in [5.74, 6) is 1.07. The summed E-state index contributed by atoms with van der Waals surface area (Å²) in [6.07, 6.45) is 6.50. The van der Waals surface area contributed by atoms with Crippen molar-refractivity contribution in [2.75, 3.05) is 6.54 Å². The topological polar surface area (TPSA) is 81.2 Å². The van der Waals surface area contributed by atoms with E-state index in [1.807, 2.05) is 33.0 Å². The van der Waals surface area contributed by atoms with Crippen LogP contribution in [0.5, 0.6) is 0 Å². The molecule has 7 heteroatoms. The summed E-state index contributed by atoms with van der Waals surface area (Å²) in [5, 5.41) is 4.05. The maximum absolute atomic E-state index is 13.4. The molecule has 0 aromatic carbocycles. The van der Waals surface area contributed by atoms with Crippen LogP contribution in [-0.4, -0.2) is 32.1 Å². The van der Waals surface area contributed by atoms with Crippen LogP contribution >= 0.6 is 0 Å². The molecule has 1 aliphatic carbocycles. The van der Waals surface area contributed by atoms with E-state index in [4.69, 9.17) is 4.52 Å². The molecule has 144 valence electrons. The summed E-state index contributed by atoms with van der Waals surface area (Å²) in [6, 6.07) is 1.85. The van der Waals surface area contributed by atoms with Gasteiger partial charge in [-0.05, 0) is 50.7 Å². The van der Waals surface area contributed by atoms with Crippen LogP contribution < -0.4 is 5.56 Å². The van der Waals surface area contributed by atoms with Crippen LogP contribution in [0.1, 0.15) is 91.6 Å². The fourth-order valence-electron chi connectivity index (χ4n) is 3.73. The van der Waals surface area contributed by atoms with E-state index in [0.29, 0.717) is 18.3 Å². The molecule has 7 nitrogen and oxygen atoms in total. The third kappa shape index (κ3) is 3.31. The summed E-state index contributed by atoms with van der Waals surface area (Å²) < 4.78 is 7.19. The van der Waals surface area contributed by atoms with Crippen molar-refractivity contribution in [3.05, 3.63) is 45.5 Å². The molecule has 1 aliphatic heterocycles. The number of aromatic nitrogens is 3. The van der Waals surface area contributed by atoms with E-state index in [9.17, 15) is 9.59 Å². The predicted molar refractivity (Wildman–Crippen MR) is 99.7 cm³/mol. The highest BCUT2D eigenvalue weighted by molar-refractivity contribution is 5.95. The van der Waals surface area contributed by atoms with Crippen LogP contribution in [0.4, 0.5) is 0 Å². The van der Waals surface area contributed by atoms with Crippen molar-refractivity contribution in [1.82, 2.24) is 19.6 Å². The monoisotopic (exact) mass is 370 g/mol. The lowest BCUT2D eigenvalue weighted by Crippen LogP contribution is -2.42. The van der Waals surface area contributed by atoms with E-state index in [-0.39, 0.29) is 35.0 Å². The van der Waals surface area contributed by atoms with Crippen molar-refractivity contribution < 1.29 is 9.32 Å². The van der Waals surface area contributed by atoms with Gasteiger partial charge in [0.1, 0.15) is 11.6 Å². The number of carbonyl (C=O) groups excluding carboxylic acids is 1. The molecule has 0 spiro atoms. The molecule has 2 fully saturated rings. The fraction of sp³-hybridized carbons (Fsp3) is 0.600. The van der Waals surface area contributed by atoms with Crippen molar-refractivity contribution in [2.45, 2.75) is 70.9 Å². The number of likely N-dealkylation sites (tertiary alicyclic amines) is 1. The van der Waals surface area contributed by atoms with Crippen molar-refractivity contribution in [3.8, 4) is 0 Å².